The molecule has 3 fully saturated rings. The highest BCUT2D eigenvalue weighted by Crippen LogP contribution is 2.28. The summed E-state index contributed by atoms with van der Waals surface area (Å²) in [4.78, 5) is 4.10. The van der Waals surface area contributed by atoms with Crippen LogP contribution in [0, 0.1) is 0 Å². The van der Waals surface area contributed by atoms with Crippen LogP contribution in [0.2, 0.25) is 0 Å². The van der Waals surface area contributed by atoms with Crippen LogP contribution in [0.1, 0.15) is 32.1 Å². The molecule has 20 heavy (non-hydrogen) atoms. The molecule has 0 aromatic heterocycles. The quantitative estimate of drug-likeness (QED) is 0.856. The SMILES string of the molecule is FC(F)(F)CN1CC[C@H](N[C@H]2CCN3CCC[C@H]3C2)C1. The highest BCUT2D eigenvalue weighted by Gasteiger charge is 2.36. The summed E-state index contributed by atoms with van der Waals surface area (Å²) in [6.07, 6.45) is 1.70. The van der Waals surface area contributed by atoms with Crippen molar-refractivity contribution in [3.05, 3.63) is 0 Å². The summed E-state index contributed by atoms with van der Waals surface area (Å²) < 4.78 is 37.1. The van der Waals surface area contributed by atoms with Crippen LogP contribution in [-0.4, -0.2) is 66.8 Å². The number of nitrogens with one attached hydrogen (secondary N) is 1. The molecule has 3 atom stereocenters. The molecular weight excluding hydrogens is 267 g/mol. The zero-order valence-corrected chi connectivity index (χ0v) is 11.8. The average Bonchev–Trinajstić information content (AvgIpc) is 2.96. The van der Waals surface area contributed by atoms with E-state index in [1.54, 1.807) is 0 Å². The lowest BCUT2D eigenvalue weighted by molar-refractivity contribution is -0.143. The molecule has 0 spiro atoms. The Labute approximate surface area is 118 Å². The second-order valence-electron chi connectivity index (χ2n) is 6.56. The zero-order chi connectivity index (χ0) is 14.2. The fourth-order valence-corrected chi connectivity index (χ4v) is 4.07. The molecule has 0 aromatic rings. The normalized spacial score (nSPS) is 36.5. The van der Waals surface area contributed by atoms with Crippen molar-refractivity contribution in [3.8, 4) is 0 Å². The average molecular weight is 291 g/mol. The van der Waals surface area contributed by atoms with Gasteiger partial charge in [0, 0.05) is 31.2 Å². The third-order valence-electron chi connectivity index (χ3n) is 4.97. The number of nitrogens with zero attached hydrogens (tertiary/aromatic N) is 2. The van der Waals surface area contributed by atoms with Gasteiger partial charge in [-0.1, -0.05) is 0 Å². The number of halogens is 3. The summed E-state index contributed by atoms with van der Waals surface area (Å²) in [5.41, 5.74) is 0. The molecule has 3 rings (SSSR count). The van der Waals surface area contributed by atoms with Crippen molar-refractivity contribution in [3.63, 3.8) is 0 Å². The first kappa shape index (κ1) is 14.6. The van der Waals surface area contributed by atoms with E-state index in [1.807, 2.05) is 0 Å². The minimum Gasteiger partial charge on any atom is -0.310 e. The lowest BCUT2D eigenvalue weighted by atomic mass is 9.97. The Morgan fingerprint density at radius 3 is 2.60 bits per heavy atom. The molecule has 3 saturated heterocycles. The number of hydrogen-bond acceptors (Lipinski definition) is 3. The molecule has 0 bridgehead atoms. The Kier molecular flexibility index (Phi) is 4.24. The van der Waals surface area contributed by atoms with Crippen LogP contribution in [0.4, 0.5) is 13.2 Å². The van der Waals surface area contributed by atoms with E-state index in [0.29, 0.717) is 25.2 Å². The fourth-order valence-electron chi connectivity index (χ4n) is 4.07. The molecule has 0 saturated carbocycles. The maximum atomic E-state index is 12.4. The van der Waals surface area contributed by atoms with E-state index in [9.17, 15) is 13.2 Å². The van der Waals surface area contributed by atoms with E-state index in [4.69, 9.17) is 0 Å². The Hall–Kier alpha value is -0.330. The van der Waals surface area contributed by atoms with Gasteiger partial charge in [0.25, 0.3) is 0 Å². The highest BCUT2D eigenvalue weighted by atomic mass is 19.4. The van der Waals surface area contributed by atoms with E-state index in [1.165, 1.54) is 30.7 Å². The molecule has 116 valence electrons. The fraction of sp³-hybridized carbons (Fsp3) is 1.00. The van der Waals surface area contributed by atoms with Crippen LogP contribution in [0.25, 0.3) is 0 Å². The lowest BCUT2D eigenvalue weighted by Crippen LogP contribution is -2.49. The van der Waals surface area contributed by atoms with Gasteiger partial charge < -0.3 is 10.2 Å². The molecule has 0 aliphatic carbocycles. The molecule has 0 radical (unpaired) electrons. The number of alkyl halides is 3. The standard InChI is InChI=1S/C14H24F3N3/c15-14(16,17)10-19-6-3-12(9-19)18-11-4-7-20-5-1-2-13(20)8-11/h11-13,18H,1-10H2/t11-,12-,13-/m0/s1. The van der Waals surface area contributed by atoms with E-state index < -0.39 is 12.7 Å². The number of fused-ring (bicyclic) bond motifs is 1. The van der Waals surface area contributed by atoms with Crippen molar-refractivity contribution in [1.29, 1.82) is 0 Å². The van der Waals surface area contributed by atoms with Crippen molar-refractivity contribution in [2.45, 2.75) is 56.4 Å². The number of likely N-dealkylation sites (tertiary alicyclic amines) is 1. The monoisotopic (exact) mass is 291 g/mol. The first-order valence-corrected chi connectivity index (χ1v) is 7.79. The number of piperidine rings is 1. The van der Waals surface area contributed by atoms with E-state index >= 15 is 0 Å². The van der Waals surface area contributed by atoms with E-state index in [2.05, 4.69) is 10.2 Å². The second-order valence-corrected chi connectivity index (χ2v) is 6.56. The summed E-state index contributed by atoms with van der Waals surface area (Å²) in [6, 6.07) is 1.47. The second kappa shape index (κ2) is 5.81. The van der Waals surface area contributed by atoms with Crippen molar-refractivity contribution in [1.82, 2.24) is 15.1 Å². The molecule has 0 amide bonds. The van der Waals surface area contributed by atoms with Crippen molar-refractivity contribution in [2.24, 2.45) is 0 Å². The first-order chi connectivity index (χ1) is 9.49. The van der Waals surface area contributed by atoms with Crippen molar-refractivity contribution >= 4 is 0 Å². The highest BCUT2D eigenvalue weighted by molar-refractivity contribution is 4.92. The molecule has 3 heterocycles. The van der Waals surface area contributed by atoms with Crippen molar-refractivity contribution in [2.75, 3.05) is 32.7 Å². The Morgan fingerprint density at radius 1 is 1.00 bits per heavy atom. The van der Waals surface area contributed by atoms with Crippen molar-refractivity contribution < 1.29 is 13.2 Å². The molecule has 3 aliphatic heterocycles. The number of rotatable bonds is 3. The maximum absolute atomic E-state index is 12.4. The molecule has 3 nitrogen and oxygen atoms in total. The number of hydrogen-bond donors (Lipinski definition) is 1. The van der Waals surface area contributed by atoms with Gasteiger partial charge in [-0.3, -0.25) is 4.90 Å². The lowest BCUT2D eigenvalue weighted by Gasteiger charge is -2.36. The minimum absolute atomic E-state index is 0.246. The third kappa shape index (κ3) is 3.65. The van der Waals surface area contributed by atoms with Gasteiger partial charge in [-0.05, 0) is 45.2 Å². The smallest absolute Gasteiger partial charge is 0.310 e. The molecule has 3 aliphatic rings. The largest absolute Gasteiger partial charge is 0.401 e. The predicted octanol–water partition coefficient (Wildman–Crippen LogP) is 1.84. The summed E-state index contributed by atoms with van der Waals surface area (Å²) in [5, 5.41) is 3.61. The Morgan fingerprint density at radius 2 is 1.80 bits per heavy atom. The van der Waals surface area contributed by atoms with Crippen LogP contribution in [0.3, 0.4) is 0 Å². The zero-order valence-electron chi connectivity index (χ0n) is 11.8. The van der Waals surface area contributed by atoms with Gasteiger partial charge in [0.1, 0.15) is 0 Å². The Balaban J connectivity index is 1.43. The minimum atomic E-state index is -4.07. The van der Waals surface area contributed by atoms with Gasteiger partial charge in [0.15, 0.2) is 0 Å². The van der Waals surface area contributed by atoms with Gasteiger partial charge in [0.2, 0.25) is 0 Å². The predicted molar refractivity (Wildman–Crippen MR) is 71.7 cm³/mol. The van der Waals surface area contributed by atoms with Crippen LogP contribution in [-0.2, 0) is 0 Å². The summed E-state index contributed by atoms with van der Waals surface area (Å²) >= 11 is 0. The third-order valence-corrected chi connectivity index (χ3v) is 4.97. The topological polar surface area (TPSA) is 18.5 Å². The van der Waals surface area contributed by atoms with Gasteiger partial charge in [0.05, 0.1) is 6.54 Å². The van der Waals surface area contributed by atoms with Gasteiger partial charge >= 0.3 is 6.18 Å². The van der Waals surface area contributed by atoms with E-state index in [-0.39, 0.29) is 6.04 Å². The van der Waals surface area contributed by atoms with Crippen LogP contribution in [0.15, 0.2) is 0 Å². The molecule has 6 heteroatoms. The van der Waals surface area contributed by atoms with Crippen LogP contribution >= 0.6 is 0 Å². The van der Waals surface area contributed by atoms with Gasteiger partial charge in [-0.15, -0.1) is 0 Å². The van der Waals surface area contributed by atoms with Gasteiger partial charge in [-0.2, -0.15) is 13.2 Å². The summed E-state index contributed by atoms with van der Waals surface area (Å²) in [7, 11) is 0. The van der Waals surface area contributed by atoms with Crippen LogP contribution < -0.4 is 5.32 Å². The molecule has 1 N–H and O–H groups in total. The van der Waals surface area contributed by atoms with Gasteiger partial charge in [-0.25, -0.2) is 0 Å². The molecule has 0 unspecified atom stereocenters. The molecular formula is C14H24F3N3. The summed E-state index contributed by atoms with van der Waals surface area (Å²) in [5.74, 6) is 0. The Bertz CT molecular complexity index is 334. The maximum Gasteiger partial charge on any atom is 0.401 e. The summed E-state index contributed by atoms with van der Waals surface area (Å²) in [6.45, 7) is 2.75. The van der Waals surface area contributed by atoms with E-state index in [0.717, 1.165) is 19.4 Å². The molecule has 0 aromatic carbocycles. The van der Waals surface area contributed by atoms with Crippen LogP contribution in [0.5, 0.6) is 0 Å². The first-order valence-electron chi connectivity index (χ1n) is 7.79.